The Morgan fingerprint density at radius 2 is 2.06 bits per heavy atom. The molecule has 0 radical (unpaired) electrons. The highest BCUT2D eigenvalue weighted by Crippen LogP contribution is 2.28. The Morgan fingerprint density at radius 1 is 1.35 bits per heavy atom. The summed E-state index contributed by atoms with van der Waals surface area (Å²) < 4.78 is 0.980. The van der Waals surface area contributed by atoms with E-state index in [0.717, 1.165) is 34.3 Å². The maximum Gasteiger partial charge on any atom is 0.136 e. The average molecular weight is 316 g/mol. The molecule has 1 nitrogen and oxygen atoms in total. The molecular weight excluding hydrogens is 300 g/mol. The van der Waals surface area contributed by atoms with E-state index in [1.165, 1.54) is 12.8 Å². The maximum absolute atomic E-state index is 11.9. The number of ketones is 1. The Labute approximate surface area is 116 Å². The summed E-state index contributed by atoms with van der Waals surface area (Å²) in [5.41, 5.74) is 1.07. The van der Waals surface area contributed by atoms with Gasteiger partial charge in [-0.15, -0.1) is 0 Å². The van der Waals surface area contributed by atoms with Crippen molar-refractivity contribution >= 4 is 33.3 Å². The minimum atomic E-state index is 0.323. The van der Waals surface area contributed by atoms with Crippen molar-refractivity contribution in [2.45, 2.75) is 38.5 Å². The van der Waals surface area contributed by atoms with Crippen LogP contribution in [0.3, 0.4) is 0 Å². The van der Waals surface area contributed by atoms with Crippen molar-refractivity contribution in [2.24, 2.45) is 5.92 Å². The summed E-state index contributed by atoms with van der Waals surface area (Å²) in [6.07, 6.45) is 6.01. The fourth-order valence-electron chi connectivity index (χ4n) is 2.43. The van der Waals surface area contributed by atoms with E-state index in [4.69, 9.17) is 11.6 Å². The van der Waals surface area contributed by atoms with Gasteiger partial charge in [-0.05, 0) is 37.0 Å². The van der Waals surface area contributed by atoms with Gasteiger partial charge in [0, 0.05) is 21.8 Å². The molecule has 1 aliphatic carbocycles. The second-order valence-electron chi connectivity index (χ2n) is 4.68. The summed E-state index contributed by atoms with van der Waals surface area (Å²) in [4.78, 5) is 11.9. The van der Waals surface area contributed by atoms with Crippen molar-refractivity contribution in [3.63, 3.8) is 0 Å². The van der Waals surface area contributed by atoms with E-state index in [0.29, 0.717) is 18.1 Å². The predicted octanol–water partition coefficient (Wildman–Crippen LogP) is 4.79. The van der Waals surface area contributed by atoms with Crippen LogP contribution in [-0.2, 0) is 11.2 Å². The molecule has 1 aliphatic rings. The SMILES string of the molecule is O=C(CCc1ccc(Br)cc1Cl)C1CCCC1. The lowest BCUT2D eigenvalue weighted by Crippen LogP contribution is -2.11. The van der Waals surface area contributed by atoms with Crippen LogP contribution in [0.1, 0.15) is 37.7 Å². The highest BCUT2D eigenvalue weighted by Gasteiger charge is 2.22. The average Bonchev–Trinajstić information content (AvgIpc) is 2.81. The first kappa shape index (κ1) is 13.1. The fourth-order valence-corrected chi connectivity index (χ4v) is 3.20. The van der Waals surface area contributed by atoms with Crippen LogP contribution in [0.25, 0.3) is 0 Å². The lowest BCUT2D eigenvalue weighted by molar-refractivity contribution is -0.122. The van der Waals surface area contributed by atoms with E-state index >= 15 is 0 Å². The number of halogens is 2. The molecule has 0 unspecified atom stereocenters. The van der Waals surface area contributed by atoms with E-state index in [-0.39, 0.29) is 0 Å². The van der Waals surface area contributed by atoms with Crippen molar-refractivity contribution in [3.8, 4) is 0 Å². The van der Waals surface area contributed by atoms with Crippen LogP contribution in [0.2, 0.25) is 5.02 Å². The van der Waals surface area contributed by atoms with Crippen molar-refractivity contribution < 1.29 is 4.79 Å². The second-order valence-corrected chi connectivity index (χ2v) is 6.01. The molecule has 0 aromatic heterocycles. The highest BCUT2D eigenvalue weighted by molar-refractivity contribution is 9.10. The van der Waals surface area contributed by atoms with Crippen molar-refractivity contribution in [1.82, 2.24) is 0 Å². The predicted molar refractivity (Wildman–Crippen MR) is 74.4 cm³/mol. The van der Waals surface area contributed by atoms with Crippen molar-refractivity contribution in [1.29, 1.82) is 0 Å². The quantitative estimate of drug-likeness (QED) is 0.780. The van der Waals surface area contributed by atoms with Gasteiger partial charge in [0.05, 0.1) is 0 Å². The number of benzene rings is 1. The van der Waals surface area contributed by atoms with Gasteiger partial charge in [0.2, 0.25) is 0 Å². The first-order valence-corrected chi connectivity index (χ1v) is 7.30. The summed E-state index contributed by atoms with van der Waals surface area (Å²) in [5, 5.41) is 0.749. The fraction of sp³-hybridized carbons (Fsp3) is 0.500. The van der Waals surface area contributed by atoms with Crippen molar-refractivity contribution in [3.05, 3.63) is 33.3 Å². The van der Waals surface area contributed by atoms with Gasteiger partial charge in [-0.25, -0.2) is 0 Å². The third-order valence-corrected chi connectivity index (χ3v) is 4.31. The highest BCUT2D eigenvalue weighted by atomic mass is 79.9. The molecule has 17 heavy (non-hydrogen) atoms. The van der Waals surface area contributed by atoms with Crippen LogP contribution >= 0.6 is 27.5 Å². The van der Waals surface area contributed by atoms with Gasteiger partial charge >= 0.3 is 0 Å². The molecule has 2 rings (SSSR count). The monoisotopic (exact) mass is 314 g/mol. The molecule has 92 valence electrons. The lowest BCUT2D eigenvalue weighted by atomic mass is 9.97. The van der Waals surface area contributed by atoms with E-state index < -0.39 is 0 Å². The standard InChI is InChI=1S/C14H16BrClO/c15-12-7-5-10(13(16)9-12)6-8-14(17)11-3-1-2-4-11/h5,7,9,11H,1-4,6,8H2. The molecule has 0 saturated heterocycles. The van der Waals surface area contributed by atoms with Crippen molar-refractivity contribution in [2.75, 3.05) is 0 Å². The minimum Gasteiger partial charge on any atom is -0.299 e. The first-order chi connectivity index (χ1) is 8.16. The molecule has 0 atom stereocenters. The van der Waals surface area contributed by atoms with Gasteiger partial charge in [-0.1, -0.05) is 46.4 Å². The van der Waals surface area contributed by atoms with Gasteiger partial charge in [0.25, 0.3) is 0 Å². The Morgan fingerprint density at radius 3 is 2.71 bits per heavy atom. The molecular formula is C14H16BrClO. The van der Waals surface area contributed by atoms with Crippen LogP contribution in [-0.4, -0.2) is 5.78 Å². The van der Waals surface area contributed by atoms with Gasteiger partial charge in [-0.3, -0.25) is 4.79 Å². The van der Waals surface area contributed by atoms with Gasteiger partial charge < -0.3 is 0 Å². The smallest absolute Gasteiger partial charge is 0.136 e. The third kappa shape index (κ3) is 3.56. The van der Waals surface area contributed by atoms with E-state index in [1.807, 2.05) is 18.2 Å². The summed E-state index contributed by atoms with van der Waals surface area (Å²) in [5.74, 6) is 0.741. The number of hydrogen-bond acceptors (Lipinski definition) is 1. The summed E-state index contributed by atoms with van der Waals surface area (Å²) in [7, 11) is 0. The molecule has 1 aromatic carbocycles. The molecule has 1 aromatic rings. The number of carbonyl (C=O) groups excluding carboxylic acids is 1. The molecule has 0 aliphatic heterocycles. The molecule has 3 heteroatoms. The largest absolute Gasteiger partial charge is 0.299 e. The van der Waals surface area contributed by atoms with Gasteiger partial charge in [0.15, 0.2) is 0 Å². The van der Waals surface area contributed by atoms with Gasteiger partial charge in [0.1, 0.15) is 5.78 Å². The lowest BCUT2D eigenvalue weighted by Gasteiger charge is -2.08. The van der Waals surface area contributed by atoms with Crippen LogP contribution in [0.4, 0.5) is 0 Å². The Hall–Kier alpha value is -0.340. The zero-order valence-corrected chi connectivity index (χ0v) is 12.1. The Bertz CT molecular complexity index is 411. The first-order valence-electron chi connectivity index (χ1n) is 6.13. The van der Waals surface area contributed by atoms with Gasteiger partial charge in [-0.2, -0.15) is 0 Å². The molecule has 1 fully saturated rings. The van der Waals surface area contributed by atoms with Crippen LogP contribution in [0.15, 0.2) is 22.7 Å². The molecule has 0 heterocycles. The summed E-state index contributed by atoms with van der Waals surface area (Å²) in [6, 6.07) is 5.85. The normalized spacial score (nSPS) is 16.4. The zero-order chi connectivity index (χ0) is 12.3. The minimum absolute atomic E-state index is 0.323. The van der Waals surface area contributed by atoms with E-state index in [1.54, 1.807) is 0 Å². The number of hydrogen-bond donors (Lipinski definition) is 0. The van der Waals surface area contributed by atoms with Crippen LogP contribution < -0.4 is 0 Å². The maximum atomic E-state index is 11.9. The number of carbonyl (C=O) groups is 1. The topological polar surface area (TPSA) is 17.1 Å². The number of Topliss-reactive ketones (excluding diaryl/α,β-unsaturated/α-hetero) is 1. The van der Waals surface area contributed by atoms with E-state index in [2.05, 4.69) is 15.9 Å². The molecule has 0 bridgehead atoms. The van der Waals surface area contributed by atoms with Crippen LogP contribution in [0, 0.1) is 5.92 Å². The third-order valence-electron chi connectivity index (χ3n) is 3.47. The Balaban J connectivity index is 1.90. The summed E-state index contributed by atoms with van der Waals surface area (Å²) >= 11 is 9.51. The molecule has 1 saturated carbocycles. The molecule has 0 spiro atoms. The molecule has 0 amide bonds. The summed E-state index contributed by atoms with van der Waals surface area (Å²) in [6.45, 7) is 0. The number of aryl methyl sites for hydroxylation is 1. The Kier molecular flexibility index (Phi) is 4.63. The zero-order valence-electron chi connectivity index (χ0n) is 9.72. The van der Waals surface area contributed by atoms with E-state index in [9.17, 15) is 4.79 Å². The molecule has 0 N–H and O–H groups in total. The number of rotatable bonds is 4. The second kappa shape index (κ2) is 6.01. The van der Waals surface area contributed by atoms with Crippen LogP contribution in [0.5, 0.6) is 0 Å².